The van der Waals surface area contributed by atoms with Crippen molar-refractivity contribution >= 4 is 36.4 Å². The summed E-state index contributed by atoms with van der Waals surface area (Å²) in [6.45, 7) is 6.15. The van der Waals surface area contributed by atoms with Crippen molar-refractivity contribution in [2.45, 2.75) is 19.4 Å². The summed E-state index contributed by atoms with van der Waals surface area (Å²) >= 11 is 0. The third kappa shape index (κ3) is 5.74. The second-order valence-corrected chi connectivity index (χ2v) is 7.35. The highest BCUT2D eigenvalue weighted by atomic mass is 35.5. The number of ether oxygens (including phenoxy) is 2. The predicted octanol–water partition coefficient (Wildman–Crippen LogP) is 2.34. The van der Waals surface area contributed by atoms with Gasteiger partial charge in [-0.1, -0.05) is 18.2 Å². The average molecular weight is 434 g/mol. The minimum atomic E-state index is -0.400. The zero-order chi connectivity index (χ0) is 18.4. The van der Waals surface area contributed by atoms with Crippen LogP contribution in [0, 0.1) is 5.41 Å². The molecule has 0 atom stereocenters. The normalized spacial score (nSPS) is 18.6. The third-order valence-electron chi connectivity index (χ3n) is 5.53. The topological polar surface area (TPSA) is 54.0 Å². The minimum Gasteiger partial charge on any atom is -0.384 e. The number of para-hydroxylation sites is 1. The second-order valence-electron chi connectivity index (χ2n) is 7.35. The van der Waals surface area contributed by atoms with E-state index in [-0.39, 0.29) is 30.7 Å². The van der Waals surface area contributed by atoms with E-state index in [1.54, 1.807) is 7.11 Å². The lowest BCUT2D eigenvalue weighted by Crippen LogP contribution is -2.50. The summed E-state index contributed by atoms with van der Waals surface area (Å²) in [5.41, 5.74) is 2.00. The summed E-state index contributed by atoms with van der Waals surface area (Å²) in [4.78, 5) is 17.5. The lowest BCUT2D eigenvalue weighted by Gasteiger charge is -2.39. The molecule has 2 heterocycles. The number of halogens is 2. The van der Waals surface area contributed by atoms with Gasteiger partial charge >= 0.3 is 0 Å². The van der Waals surface area contributed by atoms with Crippen LogP contribution in [0.3, 0.4) is 0 Å². The number of nitrogens with one attached hydrogen (secondary N) is 1. The third-order valence-corrected chi connectivity index (χ3v) is 5.53. The maximum absolute atomic E-state index is 13.3. The molecule has 160 valence electrons. The van der Waals surface area contributed by atoms with Gasteiger partial charge < -0.3 is 24.6 Å². The monoisotopic (exact) mass is 433 g/mol. The molecular weight excluding hydrogens is 401 g/mol. The van der Waals surface area contributed by atoms with Gasteiger partial charge in [0.2, 0.25) is 5.91 Å². The molecular formula is C20H33Cl2N3O3. The summed E-state index contributed by atoms with van der Waals surface area (Å²) in [7, 11) is 3.60. The molecule has 0 saturated carbocycles. The average Bonchev–Trinajstić information content (AvgIpc) is 2.69. The van der Waals surface area contributed by atoms with E-state index in [2.05, 4.69) is 28.4 Å². The van der Waals surface area contributed by atoms with Crippen molar-refractivity contribution in [3.63, 3.8) is 0 Å². The zero-order valence-electron chi connectivity index (χ0n) is 16.8. The first-order valence-corrected chi connectivity index (χ1v) is 9.52. The molecule has 28 heavy (non-hydrogen) atoms. The predicted molar refractivity (Wildman–Crippen MR) is 117 cm³/mol. The summed E-state index contributed by atoms with van der Waals surface area (Å²) in [5.74, 6) is 0.192. The summed E-state index contributed by atoms with van der Waals surface area (Å²) in [5, 5.41) is 3.35. The van der Waals surface area contributed by atoms with E-state index in [0.29, 0.717) is 13.2 Å². The van der Waals surface area contributed by atoms with E-state index in [1.165, 1.54) is 11.3 Å². The van der Waals surface area contributed by atoms with Gasteiger partial charge in [-0.15, -0.1) is 24.8 Å². The number of morpholine rings is 1. The van der Waals surface area contributed by atoms with Crippen LogP contribution in [0.1, 0.15) is 18.4 Å². The van der Waals surface area contributed by atoms with Crippen molar-refractivity contribution in [1.82, 2.24) is 10.2 Å². The van der Waals surface area contributed by atoms with Gasteiger partial charge in [-0.25, -0.2) is 0 Å². The van der Waals surface area contributed by atoms with Crippen LogP contribution in [-0.4, -0.2) is 71.0 Å². The summed E-state index contributed by atoms with van der Waals surface area (Å²) in [6.07, 6.45) is 1.66. The number of hydrogen-bond acceptors (Lipinski definition) is 5. The number of rotatable bonds is 6. The molecule has 0 aliphatic carbocycles. The van der Waals surface area contributed by atoms with Crippen molar-refractivity contribution in [3.8, 4) is 0 Å². The molecule has 1 amide bonds. The van der Waals surface area contributed by atoms with Gasteiger partial charge in [0.1, 0.15) is 0 Å². The van der Waals surface area contributed by atoms with Crippen LogP contribution < -0.4 is 10.2 Å². The Labute approximate surface area is 180 Å². The lowest BCUT2D eigenvalue weighted by atomic mass is 9.78. The van der Waals surface area contributed by atoms with Gasteiger partial charge in [-0.2, -0.15) is 0 Å². The Balaban J connectivity index is 0.00000196. The van der Waals surface area contributed by atoms with E-state index >= 15 is 0 Å². The highest BCUT2D eigenvalue weighted by Crippen LogP contribution is 2.32. The van der Waals surface area contributed by atoms with Crippen molar-refractivity contribution in [2.24, 2.45) is 5.41 Å². The number of nitrogens with zero attached hydrogens (tertiary/aromatic N) is 2. The Morgan fingerprint density at radius 3 is 2.50 bits per heavy atom. The van der Waals surface area contributed by atoms with Crippen LogP contribution in [-0.2, 0) is 20.8 Å². The molecule has 0 bridgehead atoms. The van der Waals surface area contributed by atoms with Crippen LogP contribution in [0.2, 0.25) is 0 Å². The van der Waals surface area contributed by atoms with Crippen molar-refractivity contribution in [1.29, 1.82) is 0 Å². The molecule has 1 aromatic carbocycles. The highest BCUT2D eigenvalue weighted by molar-refractivity contribution is 5.85. The zero-order valence-corrected chi connectivity index (χ0v) is 18.4. The second kappa shape index (κ2) is 11.8. The number of carbonyl (C=O) groups is 1. The Morgan fingerprint density at radius 2 is 1.86 bits per heavy atom. The van der Waals surface area contributed by atoms with Gasteiger partial charge in [-0.05, 0) is 37.6 Å². The number of benzene rings is 1. The number of amides is 1. The van der Waals surface area contributed by atoms with Crippen molar-refractivity contribution in [3.05, 3.63) is 29.8 Å². The first-order valence-electron chi connectivity index (χ1n) is 9.52. The fourth-order valence-electron chi connectivity index (χ4n) is 4.09. The lowest BCUT2D eigenvalue weighted by molar-refractivity contribution is -0.146. The van der Waals surface area contributed by atoms with E-state index in [9.17, 15) is 4.79 Å². The minimum absolute atomic E-state index is 0. The van der Waals surface area contributed by atoms with Gasteiger partial charge in [-0.3, -0.25) is 4.79 Å². The van der Waals surface area contributed by atoms with Crippen LogP contribution in [0.25, 0.3) is 0 Å². The largest absolute Gasteiger partial charge is 0.384 e. The van der Waals surface area contributed by atoms with Gasteiger partial charge in [0.15, 0.2) is 0 Å². The molecule has 0 radical (unpaired) electrons. The highest BCUT2D eigenvalue weighted by Gasteiger charge is 2.41. The number of piperidine rings is 1. The molecule has 0 spiro atoms. The van der Waals surface area contributed by atoms with Crippen LogP contribution in [0.5, 0.6) is 0 Å². The Hall–Kier alpha value is -1.05. The van der Waals surface area contributed by atoms with Crippen molar-refractivity contribution in [2.75, 3.05) is 65.1 Å². The van der Waals surface area contributed by atoms with Crippen LogP contribution >= 0.6 is 24.8 Å². The fraction of sp³-hybridized carbons (Fsp3) is 0.650. The van der Waals surface area contributed by atoms with Gasteiger partial charge in [0.25, 0.3) is 0 Å². The molecule has 2 aliphatic rings. The van der Waals surface area contributed by atoms with Crippen LogP contribution in [0.4, 0.5) is 5.69 Å². The smallest absolute Gasteiger partial charge is 0.231 e. The van der Waals surface area contributed by atoms with Gasteiger partial charge in [0, 0.05) is 39.5 Å². The molecule has 2 saturated heterocycles. The summed E-state index contributed by atoms with van der Waals surface area (Å²) in [6, 6.07) is 8.39. The summed E-state index contributed by atoms with van der Waals surface area (Å²) < 4.78 is 10.9. The maximum Gasteiger partial charge on any atom is 0.231 e. The van der Waals surface area contributed by atoms with Crippen molar-refractivity contribution < 1.29 is 14.3 Å². The first-order chi connectivity index (χ1) is 12.7. The van der Waals surface area contributed by atoms with E-state index in [1.807, 2.05) is 18.0 Å². The molecule has 1 N–H and O–H groups in total. The molecule has 1 aromatic rings. The molecule has 8 heteroatoms. The van der Waals surface area contributed by atoms with E-state index < -0.39 is 5.41 Å². The number of hydrogen-bond donors (Lipinski definition) is 1. The van der Waals surface area contributed by atoms with Gasteiger partial charge in [0.05, 0.1) is 25.2 Å². The Kier molecular flexibility index (Phi) is 10.6. The quantitative estimate of drug-likeness (QED) is 0.745. The maximum atomic E-state index is 13.3. The molecule has 0 aromatic heterocycles. The molecule has 6 nitrogen and oxygen atoms in total. The Bertz CT molecular complexity index is 601. The number of anilines is 1. The number of carbonyl (C=O) groups excluding carboxylic acids is 1. The molecule has 3 rings (SSSR count). The SMILES string of the molecule is COCC1(C(=O)N(C)Cc2ccccc2N2CCOCC2)CCNCC1.Cl.Cl. The molecule has 2 aliphatic heterocycles. The number of methoxy groups -OCH3 is 1. The molecule has 0 unspecified atom stereocenters. The molecule has 2 fully saturated rings. The van der Waals surface area contributed by atoms with E-state index in [0.717, 1.165) is 52.2 Å². The fourth-order valence-corrected chi connectivity index (χ4v) is 4.09. The van der Waals surface area contributed by atoms with Crippen LogP contribution in [0.15, 0.2) is 24.3 Å². The van der Waals surface area contributed by atoms with E-state index in [4.69, 9.17) is 9.47 Å². The first kappa shape index (κ1) is 25.0. The standard InChI is InChI=1S/C20H31N3O3.2ClH/c1-22(19(24)20(16-25-2)7-9-21-10-8-20)15-17-5-3-4-6-18(17)23-11-13-26-14-12-23;;/h3-6,21H,7-16H2,1-2H3;2*1H. The Morgan fingerprint density at radius 1 is 1.21 bits per heavy atom.